The second-order valence-electron chi connectivity index (χ2n) is 6.01. The Bertz CT molecular complexity index is 909. The number of carbonyl (C=O) groups is 1. The van der Waals surface area contributed by atoms with Crippen molar-refractivity contribution < 1.29 is 14.6 Å². The zero-order chi connectivity index (χ0) is 17.3. The van der Waals surface area contributed by atoms with E-state index in [2.05, 4.69) is 18.0 Å². The number of aromatic nitrogens is 1. The van der Waals surface area contributed by atoms with Crippen LogP contribution in [0.25, 0.3) is 22.2 Å². The molecule has 0 aliphatic carbocycles. The van der Waals surface area contributed by atoms with Crippen molar-refractivity contribution in [1.29, 1.82) is 0 Å². The van der Waals surface area contributed by atoms with Crippen LogP contribution >= 0.6 is 0 Å². The lowest BCUT2D eigenvalue weighted by atomic mass is 9.98. The Hall–Kier alpha value is -2.75. The van der Waals surface area contributed by atoms with Crippen LogP contribution in [0.2, 0.25) is 0 Å². The summed E-state index contributed by atoms with van der Waals surface area (Å²) in [6.45, 7) is 6.60. The van der Waals surface area contributed by atoms with Crippen LogP contribution in [-0.2, 0) is 11.2 Å². The maximum atomic E-state index is 11.4. The summed E-state index contributed by atoms with van der Waals surface area (Å²) < 4.78 is 5.57. The Morgan fingerprint density at radius 3 is 2.62 bits per heavy atom. The number of aromatic amines is 1. The zero-order valence-electron chi connectivity index (χ0n) is 14.1. The summed E-state index contributed by atoms with van der Waals surface area (Å²) in [6.07, 6.45) is -0.0295. The second kappa shape index (κ2) is 6.40. The molecule has 4 heteroatoms. The number of aryl methyl sites for hydroxylation is 2. The molecule has 0 bridgehead atoms. The maximum Gasteiger partial charge on any atom is 0.307 e. The molecule has 0 saturated heterocycles. The highest BCUT2D eigenvalue weighted by Crippen LogP contribution is 2.34. The molecule has 1 aromatic heterocycles. The van der Waals surface area contributed by atoms with E-state index in [1.165, 1.54) is 5.56 Å². The van der Waals surface area contributed by atoms with Gasteiger partial charge in [-0.05, 0) is 50.1 Å². The van der Waals surface area contributed by atoms with Crippen LogP contribution in [0.15, 0.2) is 36.4 Å². The third kappa shape index (κ3) is 3.00. The molecule has 2 aromatic carbocycles. The van der Waals surface area contributed by atoms with Gasteiger partial charge in [-0.2, -0.15) is 0 Å². The Labute approximate surface area is 141 Å². The average Bonchev–Trinajstić information content (AvgIpc) is 2.85. The monoisotopic (exact) mass is 323 g/mol. The van der Waals surface area contributed by atoms with Gasteiger partial charge in [0.1, 0.15) is 5.75 Å². The van der Waals surface area contributed by atoms with E-state index in [1.807, 2.05) is 44.2 Å². The van der Waals surface area contributed by atoms with Crippen molar-refractivity contribution in [2.45, 2.75) is 27.2 Å². The lowest BCUT2D eigenvalue weighted by Gasteiger charge is -2.08. The van der Waals surface area contributed by atoms with Crippen LogP contribution in [-0.4, -0.2) is 22.7 Å². The number of hydrogen-bond acceptors (Lipinski definition) is 2. The lowest BCUT2D eigenvalue weighted by Crippen LogP contribution is -2.01. The molecule has 0 amide bonds. The summed E-state index contributed by atoms with van der Waals surface area (Å²) in [4.78, 5) is 14.8. The molecule has 0 aliphatic heterocycles. The largest absolute Gasteiger partial charge is 0.494 e. The fourth-order valence-corrected chi connectivity index (χ4v) is 3.14. The first-order chi connectivity index (χ1) is 11.5. The minimum absolute atomic E-state index is 0.0295. The van der Waals surface area contributed by atoms with Gasteiger partial charge in [-0.25, -0.2) is 0 Å². The number of H-pyrrole nitrogens is 1. The minimum Gasteiger partial charge on any atom is -0.494 e. The number of rotatable bonds is 5. The van der Waals surface area contributed by atoms with Crippen molar-refractivity contribution in [2.24, 2.45) is 0 Å². The maximum absolute atomic E-state index is 11.4. The van der Waals surface area contributed by atoms with Crippen LogP contribution < -0.4 is 4.74 Å². The molecule has 0 unspecified atom stereocenters. The molecule has 3 aromatic rings. The van der Waals surface area contributed by atoms with Gasteiger partial charge in [-0.1, -0.05) is 23.8 Å². The highest BCUT2D eigenvalue weighted by atomic mass is 16.5. The van der Waals surface area contributed by atoms with Crippen molar-refractivity contribution >= 4 is 16.9 Å². The summed E-state index contributed by atoms with van der Waals surface area (Å²) in [7, 11) is 0. The van der Waals surface area contributed by atoms with E-state index >= 15 is 0 Å². The number of benzene rings is 2. The number of hydrogen-bond donors (Lipinski definition) is 2. The molecule has 124 valence electrons. The molecule has 0 spiro atoms. The Balaban J connectivity index is 2.24. The molecule has 0 atom stereocenters. The van der Waals surface area contributed by atoms with Gasteiger partial charge in [0, 0.05) is 16.5 Å². The fraction of sp³-hybridized carbons (Fsp3) is 0.250. The molecule has 0 aliphatic rings. The van der Waals surface area contributed by atoms with E-state index in [0.717, 1.165) is 39.0 Å². The molecule has 0 fully saturated rings. The summed E-state index contributed by atoms with van der Waals surface area (Å²) in [5.74, 6) is -0.0912. The fourth-order valence-electron chi connectivity index (χ4n) is 3.14. The average molecular weight is 323 g/mol. The van der Waals surface area contributed by atoms with Crippen molar-refractivity contribution in [1.82, 2.24) is 4.98 Å². The van der Waals surface area contributed by atoms with E-state index in [0.29, 0.717) is 6.61 Å². The number of carboxylic acid groups (broad SMARTS) is 1. The second-order valence-corrected chi connectivity index (χ2v) is 6.01. The van der Waals surface area contributed by atoms with E-state index in [-0.39, 0.29) is 6.42 Å². The first-order valence-electron chi connectivity index (χ1n) is 8.06. The van der Waals surface area contributed by atoms with Gasteiger partial charge >= 0.3 is 5.97 Å². The van der Waals surface area contributed by atoms with Crippen molar-refractivity contribution in [3.63, 3.8) is 0 Å². The predicted octanol–water partition coefficient (Wildman–Crippen LogP) is 4.48. The molecular formula is C20H21NO3. The van der Waals surface area contributed by atoms with E-state index in [4.69, 9.17) is 4.74 Å². The van der Waals surface area contributed by atoms with E-state index < -0.39 is 5.97 Å². The van der Waals surface area contributed by atoms with Crippen molar-refractivity contribution in [3.8, 4) is 17.0 Å². The summed E-state index contributed by atoms with van der Waals surface area (Å²) in [6, 6.07) is 12.0. The van der Waals surface area contributed by atoms with Gasteiger partial charge in [0.25, 0.3) is 0 Å². The van der Waals surface area contributed by atoms with Crippen LogP contribution in [0.4, 0.5) is 0 Å². The molecule has 1 heterocycles. The van der Waals surface area contributed by atoms with Gasteiger partial charge in [0.05, 0.1) is 18.7 Å². The minimum atomic E-state index is -0.844. The van der Waals surface area contributed by atoms with E-state index in [9.17, 15) is 9.90 Å². The Morgan fingerprint density at radius 1 is 1.17 bits per heavy atom. The van der Waals surface area contributed by atoms with Gasteiger partial charge in [-0.15, -0.1) is 0 Å². The number of ether oxygens (including phenoxy) is 1. The van der Waals surface area contributed by atoms with Gasteiger partial charge in [0.15, 0.2) is 0 Å². The molecule has 3 rings (SSSR count). The SMILES string of the molecule is CCOc1ccc2[nH]c(-c3ccc(C)cc3C)c(CC(=O)O)c2c1. The van der Waals surface area contributed by atoms with Crippen molar-refractivity contribution in [3.05, 3.63) is 53.1 Å². The first-order valence-corrected chi connectivity index (χ1v) is 8.06. The zero-order valence-corrected chi connectivity index (χ0v) is 14.1. The first kappa shape index (κ1) is 16.1. The smallest absolute Gasteiger partial charge is 0.307 e. The van der Waals surface area contributed by atoms with Crippen molar-refractivity contribution in [2.75, 3.05) is 6.61 Å². The van der Waals surface area contributed by atoms with Gasteiger partial charge < -0.3 is 14.8 Å². The summed E-state index contributed by atoms with van der Waals surface area (Å²) in [5.41, 5.74) is 5.93. The third-order valence-electron chi connectivity index (χ3n) is 4.17. The van der Waals surface area contributed by atoms with Gasteiger partial charge in [0.2, 0.25) is 0 Å². The lowest BCUT2D eigenvalue weighted by molar-refractivity contribution is -0.136. The number of aliphatic carboxylic acids is 1. The number of nitrogens with one attached hydrogen (secondary N) is 1. The summed E-state index contributed by atoms with van der Waals surface area (Å²) in [5, 5.41) is 10.3. The molecule has 24 heavy (non-hydrogen) atoms. The molecule has 2 N–H and O–H groups in total. The number of carboxylic acids is 1. The van der Waals surface area contributed by atoms with Gasteiger partial charge in [-0.3, -0.25) is 4.79 Å². The topological polar surface area (TPSA) is 62.3 Å². The third-order valence-corrected chi connectivity index (χ3v) is 4.17. The number of fused-ring (bicyclic) bond motifs is 1. The Morgan fingerprint density at radius 2 is 1.96 bits per heavy atom. The predicted molar refractivity (Wildman–Crippen MR) is 95.7 cm³/mol. The van der Waals surface area contributed by atoms with Crippen LogP contribution in [0.1, 0.15) is 23.6 Å². The molecule has 4 nitrogen and oxygen atoms in total. The molecular weight excluding hydrogens is 302 g/mol. The molecule has 0 saturated carbocycles. The summed E-state index contributed by atoms with van der Waals surface area (Å²) >= 11 is 0. The Kier molecular flexibility index (Phi) is 4.30. The van der Waals surface area contributed by atoms with Crippen LogP contribution in [0.5, 0.6) is 5.75 Å². The van der Waals surface area contributed by atoms with E-state index in [1.54, 1.807) is 0 Å². The molecule has 0 radical (unpaired) electrons. The highest BCUT2D eigenvalue weighted by Gasteiger charge is 2.17. The van der Waals surface area contributed by atoms with Crippen LogP contribution in [0, 0.1) is 13.8 Å². The quantitative estimate of drug-likeness (QED) is 0.728. The normalized spacial score (nSPS) is 11.0. The van der Waals surface area contributed by atoms with Crippen LogP contribution in [0.3, 0.4) is 0 Å². The standard InChI is InChI=1S/C20H21NO3/c1-4-24-14-6-8-18-16(10-14)17(11-19(22)23)20(21-18)15-7-5-12(2)9-13(15)3/h5-10,21H,4,11H2,1-3H3,(H,22,23). The highest BCUT2D eigenvalue weighted by molar-refractivity contribution is 5.95.